The van der Waals surface area contributed by atoms with Crippen LogP contribution in [0, 0.1) is 5.92 Å². The van der Waals surface area contributed by atoms with Gasteiger partial charge in [-0.15, -0.1) is 0 Å². The molecule has 2 atom stereocenters. The van der Waals surface area contributed by atoms with E-state index in [2.05, 4.69) is 4.98 Å². The van der Waals surface area contributed by atoms with Crippen molar-refractivity contribution < 1.29 is 5.11 Å². The van der Waals surface area contributed by atoms with E-state index in [1.807, 2.05) is 0 Å². The highest BCUT2D eigenvalue weighted by Gasteiger charge is 2.23. The molecule has 2 N–H and O–H groups in total. The van der Waals surface area contributed by atoms with Crippen LogP contribution in [0.15, 0.2) is 17.2 Å². The van der Waals surface area contributed by atoms with Crippen LogP contribution in [0.2, 0.25) is 0 Å². The Kier molecular flexibility index (Phi) is 2.72. The minimum Gasteiger partial charge on any atom is -0.396 e. The molecule has 0 radical (unpaired) electrons. The molecule has 1 saturated carbocycles. The first kappa shape index (κ1) is 9.52. The van der Waals surface area contributed by atoms with E-state index < -0.39 is 0 Å². The molecule has 1 fully saturated rings. The van der Waals surface area contributed by atoms with Crippen LogP contribution in [0.3, 0.4) is 0 Å². The summed E-state index contributed by atoms with van der Waals surface area (Å²) in [6.45, 7) is 0.246. The van der Waals surface area contributed by atoms with Crippen molar-refractivity contribution in [1.29, 1.82) is 0 Å². The van der Waals surface area contributed by atoms with Gasteiger partial charge < -0.3 is 10.1 Å². The molecule has 1 aromatic rings. The summed E-state index contributed by atoms with van der Waals surface area (Å²) in [5.74, 6) is 0.371. The number of aliphatic hydroxyl groups excluding tert-OH is 1. The number of aliphatic hydroxyl groups is 1. The third-order valence-corrected chi connectivity index (χ3v) is 3.08. The first-order valence-electron chi connectivity index (χ1n) is 5.17. The third kappa shape index (κ3) is 1.75. The quantitative estimate of drug-likeness (QED) is 0.738. The predicted molar refractivity (Wildman–Crippen MR) is 53.1 cm³/mol. The highest BCUT2D eigenvalue weighted by atomic mass is 16.3. The van der Waals surface area contributed by atoms with E-state index in [0.29, 0.717) is 5.92 Å². The molecule has 0 saturated heterocycles. The van der Waals surface area contributed by atoms with Gasteiger partial charge in [-0.3, -0.25) is 4.57 Å². The third-order valence-electron chi connectivity index (χ3n) is 3.08. The Morgan fingerprint density at radius 3 is 3.07 bits per heavy atom. The summed E-state index contributed by atoms with van der Waals surface area (Å²) in [6.07, 6.45) is 7.64. The minimum atomic E-state index is -0.0337. The summed E-state index contributed by atoms with van der Waals surface area (Å²) >= 11 is 0. The molecule has 0 amide bonds. The fourth-order valence-corrected chi connectivity index (χ4v) is 2.30. The van der Waals surface area contributed by atoms with E-state index in [1.165, 1.54) is 0 Å². The van der Waals surface area contributed by atoms with Gasteiger partial charge in [-0.1, -0.05) is 6.42 Å². The molecular weight excluding hydrogens is 180 g/mol. The molecule has 78 valence electrons. The van der Waals surface area contributed by atoms with Gasteiger partial charge in [0, 0.05) is 25.0 Å². The van der Waals surface area contributed by atoms with Crippen molar-refractivity contribution in [3.05, 3.63) is 22.9 Å². The Labute approximate surface area is 82.6 Å². The number of hydrogen-bond acceptors (Lipinski definition) is 2. The predicted octanol–water partition coefficient (Wildman–Crippen LogP) is 0.900. The number of H-pyrrole nitrogens is 1. The fraction of sp³-hybridized carbons (Fsp3) is 0.700. The van der Waals surface area contributed by atoms with E-state index in [0.717, 1.165) is 25.7 Å². The molecule has 4 nitrogen and oxygen atoms in total. The molecule has 0 aliphatic heterocycles. The van der Waals surface area contributed by atoms with Gasteiger partial charge in [0.2, 0.25) is 0 Å². The maximum atomic E-state index is 11.4. The van der Waals surface area contributed by atoms with Crippen LogP contribution in [0.4, 0.5) is 0 Å². The highest BCUT2D eigenvalue weighted by molar-refractivity contribution is 4.85. The van der Waals surface area contributed by atoms with Crippen LogP contribution in [-0.4, -0.2) is 21.3 Å². The number of rotatable bonds is 2. The molecule has 2 unspecified atom stereocenters. The number of aromatic nitrogens is 2. The standard InChI is InChI=1S/C10H16N2O2/c13-7-8-2-1-3-9(6-8)12-5-4-11-10(12)14/h4-5,8-9,13H,1-3,6-7H2,(H,11,14). The van der Waals surface area contributed by atoms with E-state index in [4.69, 9.17) is 5.11 Å². The van der Waals surface area contributed by atoms with E-state index in [1.54, 1.807) is 17.0 Å². The summed E-state index contributed by atoms with van der Waals surface area (Å²) in [6, 6.07) is 0.277. The lowest BCUT2D eigenvalue weighted by Crippen LogP contribution is -2.27. The van der Waals surface area contributed by atoms with Crippen molar-refractivity contribution in [1.82, 2.24) is 9.55 Å². The van der Waals surface area contributed by atoms with E-state index >= 15 is 0 Å². The molecular formula is C10H16N2O2. The summed E-state index contributed by atoms with van der Waals surface area (Å²) in [5, 5.41) is 9.08. The second-order valence-electron chi connectivity index (χ2n) is 4.04. The molecule has 4 heteroatoms. The largest absolute Gasteiger partial charge is 0.396 e. The van der Waals surface area contributed by atoms with Crippen LogP contribution in [0.1, 0.15) is 31.7 Å². The van der Waals surface area contributed by atoms with Crippen LogP contribution in [-0.2, 0) is 0 Å². The molecule has 1 aliphatic carbocycles. The van der Waals surface area contributed by atoms with Gasteiger partial charge in [-0.25, -0.2) is 4.79 Å². The molecule has 1 aromatic heterocycles. The summed E-state index contributed by atoms with van der Waals surface area (Å²) in [5.41, 5.74) is -0.0337. The van der Waals surface area contributed by atoms with Crippen molar-refractivity contribution in [2.75, 3.05) is 6.61 Å². The Hall–Kier alpha value is -1.03. The smallest absolute Gasteiger partial charge is 0.325 e. The van der Waals surface area contributed by atoms with Crippen molar-refractivity contribution in [3.8, 4) is 0 Å². The van der Waals surface area contributed by atoms with Gasteiger partial charge in [0.1, 0.15) is 0 Å². The molecule has 2 rings (SSSR count). The number of nitrogens with zero attached hydrogens (tertiary/aromatic N) is 1. The molecule has 0 aromatic carbocycles. The summed E-state index contributed by atoms with van der Waals surface area (Å²) in [4.78, 5) is 14.0. The van der Waals surface area contributed by atoms with Crippen molar-refractivity contribution in [2.24, 2.45) is 5.92 Å². The van der Waals surface area contributed by atoms with E-state index in [9.17, 15) is 4.79 Å². The normalized spacial score (nSPS) is 27.8. The fourth-order valence-electron chi connectivity index (χ4n) is 2.30. The van der Waals surface area contributed by atoms with Gasteiger partial charge in [-0.05, 0) is 25.2 Å². The lowest BCUT2D eigenvalue weighted by molar-refractivity contribution is 0.161. The zero-order valence-electron chi connectivity index (χ0n) is 8.15. The Morgan fingerprint density at radius 2 is 2.43 bits per heavy atom. The number of aromatic amines is 1. The highest BCUT2D eigenvalue weighted by Crippen LogP contribution is 2.31. The van der Waals surface area contributed by atoms with Gasteiger partial charge in [0.05, 0.1) is 0 Å². The molecule has 0 bridgehead atoms. The second kappa shape index (κ2) is 4.00. The molecule has 1 aliphatic rings. The maximum Gasteiger partial charge on any atom is 0.325 e. The number of imidazole rings is 1. The lowest BCUT2D eigenvalue weighted by atomic mass is 9.86. The van der Waals surface area contributed by atoms with Crippen LogP contribution in [0.5, 0.6) is 0 Å². The monoisotopic (exact) mass is 196 g/mol. The molecule has 0 spiro atoms. The van der Waals surface area contributed by atoms with E-state index in [-0.39, 0.29) is 18.3 Å². The Balaban J connectivity index is 2.12. The topological polar surface area (TPSA) is 58.0 Å². The Bertz CT molecular complexity index is 342. The van der Waals surface area contributed by atoms with Crippen LogP contribution < -0.4 is 5.69 Å². The average molecular weight is 196 g/mol. The SMILES string of the molecule is O=c1[nH]ccn1C1CCCC(CO)C1. The Morgan fingerprint density at radius 1 is 1.57 bits per heavy atom. The summed E-state index contributed by atoms with van der Waals surface area (Å²) < 4.78 is 1.75. The van der Waals surface area contributed by atoms with Gasteiger partial charge in [0.25, 0.3) is 0 Å². The lowest BCUT2D eigenvalue weighted by Gasteiger charge is -2.28. The van der Waals surface area contributed by atoms with Gasteiger partial charge in [-0.2, -0.15) is 0 Å². The number of hydrogen-bond donors (Lipinski definition) is 2. The zero-order chi connectivity index (χ0) is 9.97. The second-order valence-corrected chi connectivity index (χ2v) is 4.04. The first-order chi connectivity index (χ1) is 6.81. The number of nitrogens with one attached hydrogen (secondary N) is 1. The molecule has 14 heavy (non-hydrogen) atoms. The summed E-state index contributed by atoms with van der Waals surface area (Å²) in [7, 11) is 0. The molecule has 1 heterocycles. The minimum absolute atomic E-state index is 0.0337. The van der Waals surface area contributed by atoms with Crippen molar-refractivity contribution in [3.63, 3.8) is 0 Å². The van der Waals surface area contributed by atoms with Gasteiger partial charge >= 0.3 is 5.69 Å². The van der Waals surface area contributed by atoms with Crippen molar-refractivity contribution >= 4 is 0 Å². The van der Waals surface area contributed by atoms with Crippen LogP contribution in [0.25, 0.3) is 0 Å². The first-order valence-corrected chi connectivity index (χ1v) is 5.17. The van der Waals surface area contributed by atoms with Crippen LogP contribution >= 0.6 is 0 Å². The zero-order valence-corrected chi connectivity index (χ0v) is 8.15. The maximum absolute atomic E-state index is 11.4. The average Bonchev–Trinajstić information content (AvgIpc) is 2.65. The van der Waals surface area contributed by atoms with Crippen molar-refractivity contribution in [2.45, 2.75) is 31.7 Å². The van der Waals surface area contributed by atoms with Gasteiger partial charge in [0.15, 0.2) is 0 Å².